The van der Waals surface area contributed by atoms with E-state index in [0.29, 0.717) is 11.3 Å². The molecule has 3 nitrogen and oxygen atoms in total. The van der Waals surface area contributed by atoms with Gasteiger partial charge in [0.1, 0.15) is 0 Å². The summed E-state index contributed by atoms with van der Waals surface area (Å²) in [7, 11) is 0. The first kappa shape index (κ1) is 15.0. The molecule has 2 atom stereocenters. The van der Waals surface area contributed by atoms with Crippen molar-refractivity contribution in [2.45, 2.75) is 37.2 Å². The van der Waals surface area contributed by atoms with Crippen LogP contribution in [0.5, 0.6) is 0 Å². The van der Waals surface area contributed by atoms with Crippen molar-refractivity contribution in [3.63, 3.8) is 0 Å². The van der Waals surface area contributed by atoms with E-state index in [-0.39, 0.29) is 0 Å². The van der Waals surface area contributed by atoms with E-state index in [2.05, 4.69) is 53.4 Å². The van der Waals surface area contributed by atoms with Crippen LogP contribution in [0.2, 0.25) is 0 Å². The second kappa shape index (κ2) is 7.41. The molecule has 106 valence electrons. The van der Waals surface area contributed by atoms with Gasteiger partial charge in [0.15, 0.2) is 5.16 Å². The number of rotatable bonds is 6. The van der Waals surface area contributed by atoms with E-state index >= 15 is 0 Å². The van der Waals surface area contributed by atoms with Gasteiger partial charge in [-0.1, -0.05) is 55.9 Å². The van der Waals surface area contributed by atoms with Crippen LogP contribution in [-0.2, 0) is 0 Å². The molecule has 0 amide bonds. The molecule has 1 aromatic heterocycles. The molecule has 2 aromatic rings. The monoisotopic (exact) mass is 287 g/mol. The van der Waals surface area contributed by atoms with Crippen LogP contribution in [0.25, 0.3) is 0 Å². The van der Waals surface area contributed by atoms with E-state index in [9.17, 15) is 0 Å². The lowest BCUT2D eigenvalue weighted by Crippen LogP contribution is -2.28. The normalized spacial score (nSPS) is 13.9. The van der Waals surface area contributed by atoms with E-state index in [1.165, 1.54) is 5.56 Å². The van der Waals surface area contributed by atoms with Crippen LogP contribution in [-0.4, -0.2) is 21.8 Å². The van der Waals surface area contributed by atoms with Crippen molar-refractivity contribution in [1.29, 1.82) is 0 Å². The van der Waals surface area contributed by atoms with Crippen LogP contribution in [0.4, 0.5) is 0 Å². The highest BCUT2D eigenvalue weighted by Gasteiger charge is 2.20. The predicted octanol–water partition coefficient (Wildman–Crippen LogP) is 3.62. The molecule has 0 bridgehead atoms. The summed E-state index contributed by atoms with van der Waals surface area (Å²) < 4.78 is 0. The molecule has 1 N–H and O–H groups in total. The summed E-state index contributed by atoms with van der Waals surface area (Å²) in [5.74, 6) is 0. The molecule has 2 unspecified atom stereocenters. The zero-order valence-electron chi connectivity index (χ0n) is 12.2. The first-order valence-corrected chi connectivity index (χ1v) is 7.82. The van der Waals surface area contributed by atoms with Crippen molar-refractivity contribution in [3.05, 3.63) is 53.9 Å². The Balaban J connectivity index is 2.11. The lowest BCUT2D eigenvalue weighted by molar-refractivity contribution is 0.547. The first-order valence-electron chi connectivity index (χ1n) is 6.94. The maximum Gasteiger partial charge on any atom is 0.187 e. The highest BCUT2D eigenvalue weighted by atomic mass is 32.2. The second-order valence-electron chi connectivity index (χ2n) is 4.81. The lowest BCUT2D eigenvalue weighted by atomic mass is 10.0. The summed E-state index contributed by atoms with van der Waals surface area (Å²) in [4.78, 5) is 8.76. The Morgan fingerprint density at radius 2 is 1.80 bits per heavy atom. The highest BCUT2D eigenvalue weighted by Crippen LogP contribution is 2.29. The van der Waals surface area contributed by atoms with Crippen molar-refractivity contribution >= 4 is 11.8 Å². The fourth-order valence-corrected chi connectivity index (χ4v) is 3.06. The minimum absolute atomic E-state index is 0.302. The Hall–Kier alpha value is -1.39. The Morgan fingerprint density at radius 1 is 1.15 bits per heavy atom. The molecular weight excluding hydrogens is 266 g/mol. The minimum atomic E-state index is 0.302. The molecule has 0 radical (unpaired) electrons. The molecule has 0 aliphatic rings. The maximum atomic E-state index is 4.38. The molecule has 0 saturated heterocycles. The number of aryl methyl sites for hydroxylation is 1. The summed E-state index contributed by atoms with van der Waals surface area (Å²) in [5, 5.41) is 4.75. The Bertz CT molecular complexity index is 513. The smallest absolute Gasteiger partial charge is 0.187 e. The molecule has 0 aliphatic carbocycles. The molecule has 0 spiro atoms. The molecule has 1 heterocycles. The highest BCUT2D eigenvalue weighted by molar-refractivity contribution is 7.99. The standard InChI is InChI=1S/C16H21N3S/c1-4-17-15(14-8-6-5-7-9-14)13(3)20-16-18-10-12(2)11-19-16/h5-11,13,15,17H,4H2,1-3H3. The lowest BCUT2D eigenvalue weighted by Gasteiger charge is -2.24. The van der Waals surface area contributed by atoms with Gasteiger partial charge in [-0.15, -0.1) is 0 Å². The quantitative estimate of drug-likeness (QED) is 0.650. The molecule has 0 aliphatic heterocycles. The summed E-state index contributed by atoms with van der Waals surface area (Å²) in [5.41, 5.74) is 2.40. The van der Waals surface area contributed by atoms with E-state index < -0.39 is 0 Å². The van der Waals surface area contributed by atoms with Gasteiger partial charge in [0.05, 0.1) is 0 Å². The summed E-state index contributed by atoms with van der Waals surface area (Å²) in [6.07, 6.45) is 3.74. The molecule has 1 aromatic carbocycles. The Kier molecular flexibility index (Phi) is 5.56. The van der Waals surface area contributed by atoms with Crippen molar-refractivity contribution in [3.8, 4) is 0 Å². The van der Waals surface area contributed by atoms with Crippen LogP contribution in [0.15, 0.2) is 47.9 Å². The number of nitrogens with one attached hydrogen (secondary N) is 1. The fourth-order valence-electron chi connectivity index (χ4n) is 2.11. The fraction of sp³-hybridized carbons (Fsp3) is 0.375. The number of benzene rings is 1. The minimum Gasteiger partial charge on any atom is -0.309 e. The third-order valence-electron chi connectivity index (χ3n) is 3.10. The number of thioether (sulfide) groups is 1. The molecular formula is C16H21N3S. The van der Waals surface area contributed by atoms with Gasteiger partial charge < -0.3 is 5.32 Å². The summed E-state index contributed by atoms with van der Waals surface area (Å²) in [6.45, 7) is 7.30. The van der Waals surface area contributed by atoms with Crippen LogP contribution >= 0.6 is 11.8 Å². The van der Waals surface area contributed by atoms with Crippen molar-refractivity contribution in [2.24, 2.45) is 0 Å². The Labute approximate surface area is 125 Å². The van der Waals surface area contributed by atoms with E-state index in [1.54, 1.807) is 11.8 Å². The van der Waals surface area contributed by atoms with Gasteiger partial charge in [0.2, 0.25) is 0 Å². The van der Waals surface area contributed by atoms with Gasteiger partial charge in [-0.2, -0.15) is 0 Å². The maximum absolute atomic E-state index is 4.38. The van der Waals surface area contributed by atoms with E-state index in [4.69, 9.17) is 0 Å². The first-order chi connectivity index (χ1) is 9.70. The van der Waals surface area contributed by atoms with Crippen molar-refractivity contribution < 1.29 is 0 Å². The zero-order chi connectivity index (χ0) is 14.4. The molecule has 0 fully saturated rings. The number of nitrogens with zero attached hydrogens (tertiary/aromatic N) is 2. The SMILES string of the molecule is CCNC(c1ccccc1)C(C)Sc1ncc(C)cn1. The van der Waals surface area contributed by atoms with Crippen LogP contribution in [0, 0.1) is 6.92 Å². The van der Waals surface area contributed by atoms with Crippen molar-refractivity contribution in [1.82, 2.24) is 15.3 Å². The number of hydrogen-bond donors (Lipinski definition) is 1. The number of hydrogen-bond acceptors (Lipinski definition) is 4. The molecule has 0 saturated carbocycles. The summed E-state index contributed by atoms with van der Waals surface area (Å²) in [6, 6.07) is 10.9. The van der Waals surface area contributed by atoms with Crippen LogP contribution in [0.1, 0.15) is 31.0 Å². The third-order valence-corrected chi connectivity index (χ3v) is 4.17. The van der Waals surface area contributed by atoms with Crippen molar-refractivity contribution in [2.75, 3.05) is 6.54 Å². The molecule has 2 rings (SSSR count). The van der Waals surface area contributed by atoms with E-state index in [1.807, 2.05) is 25.4 Å². The van der Waals surface area contributed by atoms with Crippen LogP contribution in [0.3, 0.4) is 0 Å². The van der Waals surface area contributed by atoms with E-state index in [0.717, 1.165) is 17.3 Å². The average molecular weight is 287 g/mol. The van der Waals surface area contributed by atoms with Gasteiger partial charge in [-0.3, -0.25) is 0 Å². The number of aromatic nitrogens is 2. The molecule has 4 heteroatoms. The van der Waals surface area contributed by atoms with Gasteiger partial charge >= 0.3 is 0 Å². The Morgan fingerprint density at radius 3 is 2.40 bits per heavy atom. The van der Waals surface area contributed by atoms with Gasteiger partial charge in [0.25, 0.3) is 0 Å². The third kappa shape index (κ3) is 4.05. The zero-order valence-corrected chi connectivity index (χ0v) is 13.0. The average Bonchev–Trinajstić information content (AvgIpc) is 2.48. The largest absolute Gasteiger partial charge is 0.309 e. The summed E-state index contributed by atoms with van der Waals surface area (Å²) >= 11 is 1.71. The molecule has 20 heavy (non-hydrogen) atoms. The topological polar surface area (TPSA) is 37.8 Å². The second-order valence-corrected chi connectivity index (χ2v) is 6.16. The van der Waals surface area contributed by atoms with Gasteiger partial charge in [-0.25, -0.2) is 9.97 Å². The van der Waals surface area contributed by atoms with Gasteiger partial charge in [0, 0.05) is 23.7 Å². The van der Waals surface area contributed by atoms with Crippen LogP contribution < -0.4 is 5.32 Å². The van der Waals surface area contributed by atoms with Gasteiger partial charge in [-0.05, 0) is 24.6 Å². The predicted molar refractivity (Wildman–Crippen MR) is 84.9 cm³/mol.